The number of hydrogen-bond acceptors (Lipinski definition) is 3. The standard InChI is InChI=1S/C11H17N3/c1-3-4-7-11(14-12)10-8-5-6-9(2)13-10/h3,5-6,8,11,14H,1,4,7,12H2,2H3. The van der Waals surface area contributed by atoms with Crippen molar-refractivity contribution in [1.29, 1.82) is 0 Å². The molecule has 0 aliphatic carbocycles. The fraction of sp³-hybridized carbons (Fsp3) is 0.364. The van der Waals surface area contributed by atoms with E-state index in [-0.39, 0.29) is 6.04 Å². The van der Waals surface area contributed by atoms with Crippen LogP contribution in [0.1, 0.15) is 30.3 Å². The predicted molar refractivity (Wildman–Crippen MR) is 58.5 cm³/mol. The molecule has 1 aromatic heterocycles. The van der Waals surface area contributed by atoms with E-state index in [1.54, 1.807) is 0 Å². The second-order valence-corrected chi connectivity index (χ2v) is 3.29. The van der Waals surface area contributed by atoms with E-state index in [0.717, 1.165) is 24.2 Å². The van der Waals surface area contributed by atoms with Gasteiger partial charge in [0.05, 0.1) is 11.7 Å². The smallest absolute Gasteiger partial charge is 0.0635 e. The monoisotopic (exact) mass is 191 g/mol. The van der Waals surface area contributed by atoms with Crippen LogP contribution in [0.2, 0.25) is 0 Å². The van der Waals surface area contributed by atoms with E-state index in [4.69, 9.17) is 5.84 Å². The minimum absolute atomic E-state index is 0.118. The molecule has 3 heteroatoms. The summed E-state index contributed by atoms with van der Waals surface area (Å²) in [5, 5.41) is 0. The molecule has 3 N–H and O–H groups in total. The molecule has 0 aliphatic heterocycles. The number of nitrogens with one attached hydrogen (secondary N) is 1. The van der Waals surface area contributed by atoms with Gasteiger partial charge >= 0.3 is 0 Å². The van der Waals surface area contributed by atoms with Gasteiger partial charge in [-0.1, -0.05) is 12.1 Å². The molecule has 0 bridgehead atoms. The van der Waals surface area contributed by atoms with Gasteiger partial charge in [0.2, 0.25) is 0 Å². The van der Waals surface area contributed by atoms with E-state index in [0.29, 0.717) is 0 Å². The zero-order chi connectivity index (χ0) is 10.4. The van der Waals surface area contributed by atoms with Crippen LogP contribution in [0.3, 0.4) is 0 Å². The van der Waals surface area contributed by atoms with Gasteiger partial charge in [-0.25, -0.2) is 0 Å². The summed E-state index contributed by atoms with van der Waals surface area (Å²) >= 11 is 0. The lowest BCUT2D eigenvalue weighted by molar-refractivity contribution is 0.508. The van der Waals surface area contributed by atoms with Crippen molar-refractivity contribution in [2.75, 3.05) is 0 Å². The normalized spacial score (nSPS) is 12.4. The number of rotatable bonds is 5. The summed E-state index contributed by atoms with van der Waals surface area (Å²) in [6, 6.07) is 6.08. The molecule has 1 heterocycles. The lowest BCUT2D eigenvalue weighted by atomic mass is 10.1. The van der Waals surface area contributed by atoms with Crippen LogP contribution in [-0.2, 0) is 0 Å². The van der Waals surface area contributed by atoms with Gasteiger partial charge in [0.25, 0.3) is 0 Å². The van der Waals surface area contributed by atoms with Gasteiger partial charge in [0, 0.05) is 5.69 Å². The third-order valence-corrected chi connectivity index (χ3v) is 2.13. The maximum Gasteiger partial charge on any atom is 0.0635 e. The summed E-state index contributed by atoms with van der Waals surface area (Å²) in [5.41, 5.74) is 4.78. The van der Waals surface area contributed by atoms with Crippen LogP contribution >= 0.6 is 0 Å². The Morgan fingerprint density at radius 1 is 1.64 bits per heavy atom. The van der Waals surface area contributed by atoms with E-state index in [9.17, 15) is 0 Å². The Labute approximate surface area is 85.0 Å². The molecule has 3 nitrogen and oxygen atoms in total. The van der Waals surface area contributed by atoms with Crippen LogP contribution in [0.15, 0.2) is 30.9 Å². The van der Waals surface area contributed by atoms with Crippen molar-refractivity contribution < 1.29 is 0 Å². The number of aryl methyl sites for hydroxylation is 1. The fourth-order valence-corrected chi connectivity index (χ4v) is 1.36. The van der Waals surface area contributed by atoms with Crippen molar-refractivity contribution in [2.45, 2.75) is 25.8 Å². The molecular weight excluding hydrogens is 174 g/mol. The molecule has 1 aromatic rings. The average Bonchev–Trinajstić information content (AvgIpc) is 2.19. The number of nitrogens with zero attached hydrogens (tertiary/aromatic N) is 1. The van der Waals surface area contributed by atoms with Crippen LogP contribution in [-0.4, -0.2) is 4.98 Å². The Hall–Kier alpha value is -1.19. The number of hydrazine groups is 1. The van der Waals surface area contributed by atoms with Crippen molar-refractivity contribution in [3.05, 3.63) is 42.2 Å². The lowest BCUT2D eigenvalue weighted by Gasteiger charge is -2.14. The minimum atomic E-state index is 0.118. The molecule has 0 spiro atoms. The first kappa shape index (κ1) is 10.9. The van der Waals surface area contributed by atoms with Gasteiger partial charge in [-0.2, -0.15) is 0 Å². The Morgan fingerprint density at radius 2 is 2.43 bits per heavy atom. The van der Waals surface area contributed by atoms with Crippen molar-refractivity contribution in [1.82, 2.24) is 10.4 Å². The zero-order valence-electron chi connectivity index (χ0n) is 8.53. The van der Waals surface area contributed by atoms with E-state index in [1.165, 1.54) is 0 Å². The van der Waals surface area contributed by atoms with E-state index in [2.05, 4.69) is 17.0 Å². The SMILES string of the molecule is C=CCCC(NN)c1cccc(C)n1. The Morgan fingerprint density at radius 3 is 3.00 bits per heavy atom. The van der Waals surface area contributed by atoms with E-state index >= 15 is 0 Å². The molecule has 1 atom stereocenters. The molecule has 14 heavy (non-hydrogen) atoms. The number of nitrogens with two attached hydrogens (primary N) is 1. The Balaban J connectivity index is 2.72. The summed E-state index contributed by atoms with van der Waals surface area (Å²) in [7, 11) is 0. The molecule has 1 rings (SSSR count). The molecule has 0 radical (unpaired) electrons. The maximum absolute atomic E-state index is 5.47. The predicted octanol–water partition coefficient (Wildman–Crippen LogP) is 1.86. The van der Waals surface area contributed by atoms with Crippen molar-refractivity contribution in [2.24, 2.45) is 5.84 Å². The summed E-state index contributed by atoms with van der Waals surface area (Å²) < 4.78 is 0. The van der Waals surface area contributed by atoms with Gasteiger partial charge in [0.15, 0.2) is 0 Å². The van der Waals surface area contributed by atoms with Gasteiger partial charge in [0.1, 0.15) is 0 Å². The first-order valence-corrected chi connectivity index (χ1v) is 4.78. The zero-order valence-corrected chi connectivity index (χ0v) is 8.53. The summed E-state index contributed by atoms with van der Waals surface area (Å²) in [4.78, 5) is 4.42. The van der Waals surface area contributed by atoms with Crippen LogP contribution in [0.25, 0.3) is 0 Å². The van der Waals surface area contributed by atoms with Crippen LogP contribution < -0.4 is 11.3 Å². The molecule has 0 fully saturated rings. The molecular formula is C11H17N3. The van der Waals surface area contributed by atoms with Gasteiger partial charge < -0.3 is 0 Å². The van der Waals surface area contributed by atoms with E-state index in [1.807, 2.05) is 31.2 Å². The summed E-state index contributed by atoms with van der Waals surface area (Å²) in [6.45, 7) is 5.67. The molecule has 1 unspecified atom stereocenters. The third-order valence-electron chi connectivity index (χ3n) is 2.13. The van der Waals surface area contributed by atoms with Crippen LogP contribution in [0.4, 0.5) is 0 Å². The number of hydrogen-bond donors (Lipinski definition) is 2. The maximum atomic E-state index is 5.47. The van der Waals surface area contributed by atoms with Gasteiger partial charge in [-0.05, 0) is 31.9 Å². The van der Waals surface area contributed by atoms with Crippen LogP contribution in [0.5, 0.6) is 0 Å². The summed E-state index contributed by atoms with van der Waals surface area (Å²) in [6.07, 6.45) is 3.75. The number of allylic oxidation sites excluding steroid dienone is 1. The summed E-state index contributed by atoms with van der Waals surface area (Å²) in [5.74, 6) is 5.47. The van der Waals surface area contributed by atoms with Gasteiger partial charge in [-0.15, -0.1) is 6.58 Å². The average molecular weight is 191 g/mol. The molecule has 0 aliphatic rings. The van der Waals surface area contributed by atoms with Crippen LogP contribution in [0, 0.1) is 6.92 Å². The second kappa shape index (κ2) is 5.52. The lowest BCUT2D eigenvalue weighted by Crippen LogP contribution is -2.28. The first-order valence-electron chi connectivity index (χ1n) is 4.78. The van der Waals surface area contributed by atoms with Gasteiger partial charge in [-0.3, -0.25) is 16.3 Å². The van der Waals surface area contributed by atoms with Crippen molar-refractivity contribution >= 4 is 0 Å². The number of aromatic nitrogens is 1. The Kier molecular flexibility index (Phi) is 4.29. The molecule has 0 saturated carbocycles. The van der Waals surface area contributed by atoms with E-state index < -0.39 is 0 Å². The molecule has 0 amide bonds. The highest BCUT2D eigenvalue weighted by Crippen LogP contribution is 2.15. The fourth-order valence-electron chi connectivity index (χ4n) is 1.36. The first-order chi connectivity index (χ1) is 6.77. The molecule has 0 saturated heterocycles. The van der Waals surface area contributed by atoms with Crippen molar-refractivity contribution in [3.8, 4) is 0 Å². The minimum Gasteiger partial charge on any atom is -0.271 e. The topological polar surface area (TPSA) is 50.9 Å². The quantitative estimate of drug-likeness (QED) is 0.424. The number of pyridine rings is 1. The second-order valence-electron chi connectivity index (χ2n) is 3.29. The molecule has 0 aromatic carbocycles. The third kappa shape index (κ3) is 2.94. The highest BCUT2D eigenvalue weighted by Gasteiger charge is 2.09. The highest BCUT2D eigenvalue weighted by molar-refractivity contribution is 5.13. The molecule has 76 valence electrons. The van der Waals surface area contributed by atoms with Crippen molar-refractivity contribution in [3.63, 3.8) is 0 Å². The Bertz CT molecular complexity index is 296. The highest BCUT2D eigenvalue weighted by atomic mass is 15.2. The largest absolute Gasteiger partial charge is 0.271 e.